The Morgan fingerprint density at radius 1 is 1.15 bits per heavy atom. The summed E-state index contributed by atoms with van der Waals surface area (Å²) in [4.78, 5) is 14.4. The molecule has 1 aliphatic heterocycles. The Labute approximate surface area is 166 Å². The topological polar surface area (TPSA) is 32.3 Å². The van der Waals surface area contributed by atoms with Crippen molar-refractivity contribution in [1.29, 1.82) is 0 Å². The third kappa shape index (κ3) is 4.20. The largest absolute Gasteiger partial charge is 0.347 e. The van der Waals surface area contributed by atoms with Gasteiger partial charge in [-0.05, 0) is 54.4 Å². The van der Waals surface area contributed by atoms with E-state index in [1.165, 1.54) is 17.5 Å². The van der Waals surface area contributed by atoms with E-state index < -0.39 is 0 Å². The van der Waals surface area contributed by atoms with Gasteiger partial charge >= 0.3 is 0 Å². The molecule has 4 rings (SSSR count). The Morgan fingerprint density at radius 2 is 1.89 bits per heavy atom. The van der Waals surface area contributed by atoms with Gasteiger partial charge in [-0.1, -0.05) is 54.1 Å². The molecule has 0 unspecified atom stereocenters. The molecule has 2 fully saturated rings. The number of benzene rings is 2. The highest BCUT2D eigenvalue weighted by Gasteiger charge is 2.42. The molecule has 1 heterocycles. The minimum atomic E-state index is -0.223. The Morgan fingerprint density at radius 3 is 2.56 bits per heavy atom. The predicted octanol–water partition coefficient (Wildman–Crippen LogP) is 4.57. The molecule has 27 heavy (non-hydrogen) atoms. The van der Waals surface area contributed by atoms with Crippen LogP contribution in [-0.2, 0) is 10.3 Å². The van der Waals surface area contributed by atoms with E-state index in [2.05, 4.69) is 52.7 Å². The van der Waals surface area contributed by atoms with Gasteiger partial charge in [0.1, 0.15) is 0 Å². The molecule has 1 aliphatic carbocycles. The van der Waals surface area contributed by atoms with Crippen molar-refractivity contribution in [2.24, 2.45) is 5.92 Å². The molecule has 1 saturated heterocycles. The molecule has 142 valence electrons. The van der Waals surface area contributed by atoms with Crippen LogP contribution in [0, 0.1) is 5.92 Å². The maximum atomic E-state index is 11.9. The number of hydrogen-bond acceptors (Lipinski definition) is 2. The maximum absolute atomic E-state index is 11.9. The van der Waals surface area contributed by atoms with Crippen LogP contribution in [-0.4, -0.2) is 30.4 Å². The summed E-state index contributed by atoms with van der Waals surface area (Å²) in [6, 6.07) is 18.7. The molecule has 1 N–H and O–H groups in total. The minimum absolute atomic E-state index is 0.0514. The molecule has 4 heteroatoms. The molecule has 0 spiro atoms. The first kappa shape index (κ1) is 18.5. The molecular formula is C23H27ClN2O. The minimum Gasteiger partial charge on any atom is -0.347 e. The van der Waals surface area contributed by atoms with Crippen LogP contribution in [0.1, 0.15) is 43.2 Å². The Kier molecular flexibility index (Phi) is 5.25. The fraction of sp³-hybridized carbons (Fsp3) is 0.435. The number of piperidine rings is 1. The summed E-state index contributed by atoms with van der Waals surface area (Å²) < 4.78 is 0. The lowest BCUT2D eigenvalue weighted by Crippen LogP contribution is -2.52. The van der Waals surface area contributed by atoms with Gasteiger partial charge in [-0.15, -0.1) is 0 Å². The third-order valence-electron chi connectivity index (χ3n) is 6.14. The number of nitrogens with one attached hydrogen (secondary N) is 1. The second-order valence-corrected chi connectivity index (χ2v) is 8.52. The van der Waals surface area contributed by atoms with Gasteiger partial charge in [0.05, 0.1) is 5.54 Å². The van der Waals surface area contributed by atoms with Gasteiger partial charge in [-0.2, -0.15) is 0 Å². The summed E-state index contributed by atoms with van der Waals surface area (Å²) >= 11 is 6.14. The van der Waals surface area contributed by atoms with Gasteiger partial charge in [0.2, 0.25) is 5.91 Å². The standard InChI is InChI=1S/C23H27ClN2O/c1-17(27)25-23(20-7-3-2-4-8-20)10-12-26(13-11-23)16-19-15-22(19)18-6-5-9-21(24)14-18/h2-9,14,19,22H,10-13,15-16H2,1H3,(H,25,27)/t19-,22+/m0/s1. The fourth-order valence-corrected chi connectivity index (χ4v) is 4.82. The number of amides is 1. The molecule has 1 saturated carbocycles. The van der Waals surface area contributed by atoms with E-state index in [1.54, 1.807) is 6.92 Å². The van der Waals surface area contributed by atoms with Crippen LogP contribution in [0.25, 0.3) is 0 Å². The van der Waals surface area contributed by atoms with E-state index in [0.717, 1.165) is 43.4 Å². The monoisotopic (exact) mass is 382 g/mol. The van der Waals surface area contributed by atoms with Crippen molar-refractivity contribution in [3.05, 3.63) is 70.7 Å². The first-order chi connectivity index (χ1) is 13.1. The van der Waals surface area contributed by atoms with Gasteiger partial charge < -0.3 is 10.2 Å². The van der Waals surface area contributed by atoms with Crippen molar-refractivity contribution >= 4 is 17.5 Å². The van der Waals surface area contributed by atoms with Crippen LogP contribution in [0.2, 0.25) is 5.02 Å². The van der Waals surface area contributed by atoms with Crippen LogP contribution in [0.4, 0.5) is 0 Å². The highest BCUT2D eigenvalue weighted by molar-refractivity contribution is 6.30. The van der Waals surface area contributed by atoms with Crippen LogP contribution in [0.15, 0.2) is 54.6 Å². The number of halogens is 1. The van der Waals surface area contributed by atoms with Crippen molar-refractivity contribution < 1.29 is 4.79 Å². The van der Waals surface area contributed by atoms with Crippen molar-refractivity contribution in [2.45, 2.75) is 37.6 Å². The van der Waals surface area contributed by atoms with Crippen molar-refractivity contribution in [1.82, 2.24) is 10.2 Å². The highest BCUT2D eigenvalue weighted by atomic mass is 35.5. The van der Waals surface area contributed by atoms with Gasteiger partial charge in [0, 0.05) is 31.6 Å². The molecular weight excluding hydrogens is 356 g/mol. The lowest BCUT2D eigenvalue weighted by Gasteiger charge is -2.43. The van der Waals surface area contributed by atoms with E-state index in [-0.39, 0.29) is 11.4 Å². The quantitative estimate of drug-likeness (QED) is 0.821. The number of rotatable bonds is 5. The lowest BCUT2D eigenvalue weighted by atomic mass is 9.80. The van der Waals surface area contributed by atoms with E-state index in [1.807, 2.05) is 12.1 Å². The van der Waals surface area contributed by atoms with E-state index in [9.17, 15) is 4.79 Å². The fourth-order valence-electron chi connectivity index (χ4n) is 4.62. The van der Waals surface area contributed by atoms with Gasteiger partial charge in [-0.25, -0.2) is 0 Å². The second-order valence-electron chi connectivity index (χ2n) is 8.09. The lowest BCUT2D eigenvalue weighted by molar-refractivity contribution is -0.121. The van der Waals surface area contributed by atoms with Crippen molar-refractivity contribution in [2.75, 3.05) is 19.6 Å². The summed E-state index contributed by atoms with van der Waals surface area (Å²) in [7, 11) is 0. The first-order valence-electron chi connectivity index (χ1n) is 9.88. The average molecular weight is 383 g/mol. The van der Waals surface area contributed by atoms with Crippen molar-refractivity contribution in [3.8, 4) is 0 Å². The van der Waals surface area contributed by atoms with Crippen LogP contribution >= 0.6 is 11.6 Å². The normalized spacial score (nSPS) is 24.4. The van der Waals surface area contributed by atoms with Gasteiger partial charge in [-0.3, -0.25) is 4.79 Å². The summed E-state index contributed by atoms with van der Waals surface area (Å²) in [5, 5.41) is 4.09. The van der Waals surface area contributed by atoms with E-state index in [4.69, 9.17) is 11.6 Å². The molecule has 2 aliphatic rings. The zero-order valence-electron chi connectivity index (χ0n) is 15.8. The number of hydrogen-bond donors (Lipinski definition) is 1. The number of carbonyl (C=O) groups excluding carboxylic acids is 1. The Balaban J connectivity index is 1.37. The molecule has 2 atom stereocenters. The van der Waals surface area contributed by atoms with Crippen molar-refractivity contribution in [3.63, 3.8) is 0 Å². The molecule has 1 amide bonds. The van der Waals surface area contributed by atoms with Crippen LogP contribution < -0.4 is 5.32 Å². The summed E-state index contributed by atoms with van der Waals surface area (Å²) in [5.41, 5.74) is 2.38. The molecule has 0 aromatic heterocycles. The first-order valence-corrected chi connectivity index (χ1v) is 10.3. The van der Waals surface area contributed by atoms with Crippen LogP contribution in [0.3, 0.4) is 0 Å². The highest BCUT2D eigenvalue weighted by Crippen LogP contribution is 2.48. The second kappa shape index (κ2) is 7.65. The zero-order chi connectivity index (χ0) is 18.9. The Bertz CT molecular complexity index is 799. The number of carbonyl (C=O) groups is 1. The smallest absolute Gasteiger partial charge is 0.217 e. The van der Waals surface area contributed by atoms with Crippen LogP contribution in [0.5, 0.6) is 0 Å². The SMILES string of the molecule is CC(=O)NC1(c2ccccc2)CCN(C[C@@H]2C[C@@H]2c2cccc(Cl)c2)CC1. The van der Waals surface area contributed by atoms with E-state index in [0.29, 0.717) is 5.92 Å². The number of nitrogens with zero attached hydrogens (tertiary/aromatic N) is 1. The number of likely N-dealkylation sites (tertiary alicyclic amines) is 1. The molecule has 0 bridgehead atoms. The zero-order valence-corrected chi connectivity index (χ0v) is 16.6. The average Bonchev–Trinajstić information content (AvgIpc) is 3.43. The molecule has 0 radical (unpaired) electrons. The summed E-state index contributed by atoms with van der Waals surface area (Å²) in [6.07, 6.45) is 3.18. The van der Waals surface area contributed by atoms with Gasteiger partial charge in [0.15, 0.2) is 0 Å². The Hall–Kier alpha value is -1.84. The third-order valence-corrected chi connectivity index (χ3v) is 6.38. The molecule has 2 aromatic carbocycles. The summed E-state index contributed by atoms with van der Waals surface area (Å²) in [6.45, 7) is 4.81. The van der Waals surface area contributed by atoms with E-state index >= 15 is 0 Å². The van der Waals surface area contributed by atoms with Gasteiger partial charge in [0.25, 0.3) is 0 Å². The summed E-state index contributed by atoms with van der Waals surface area (Å²) in [5.74, 6) is 1.43. The maximum Gasteiger partial charge on any atom is 0.217 e. The predicted molar refractivity (Wildman–Crippen MR) is 110 cm³/mol. The molecule has 3 nitrogen and oxygen atoms in total. The molecule has 2 aromatic rings.